The molecule has 0 radical (unpaired) electrons. The maximum absolute atomic E-state index is 12.2. The highest BCUT2D eigenvalue weighted by Gasteiger charge is 2.29. The molecule has 1 saturated heterocycles. The summed E-state index contributed by atoms with van der Waals surface area (Å²) in [6, 6.07) is 3.39. The molecule has 2 atom stereocenters. The molecule has 1 aromatic rings. The maximum Gasteiger partial charge on any atom is 0.328 e. The number of nitro groups is 1. The van der Waals surface area contributed by atoms with Crippen LogP contribution in [0.4, 0.5) is 5.69 Å². The smallest absolute Gasteiger partial charge is 0.328 e. The van der Waals surface area contributed by atoms with Gasteiger partial charge in [0.25, 0.3) is 0 Å². The molecule has 0 aliphatic carbocycles. The molecule has 9 nitrogen and oxygen atoms in total. The fourth-order valence-electron chi connectivity index (χ4n) is 2.63. The lowest BCUT2D eigenvalue weighted by Crippen LogP contribution is -2.47. The molecule has 0 spiro atoms. The number of hydrogen-bond donors (Lipinski definition) is 1. The monoisotopic (exact) mass is 352 g/mol. The van der Waals surface area contributed by atoms with Gasteiger partial charge in [0, 0.05) is 19.1 Å². The quantitative estimate of drug-likeness (QED) is 0.441. The lowest BCUT2D eigenvalue weighted by molar-refractivity contribution is -0.385. The summed E-state index contributed by atoms with van der Waals surface area (Å²) in [4.78, 5) is 34.7. The Bertz CT molecular complexity index is 656. The van der Waals surface area contributed by atoms with E-state index in [1.807, 2.05) is 0 Å². The van der Waals surface area contributed by atoms with E-state index in [9.17, 15) is 19.7 Å². The number of ether oxygens (including phenoxy) is 3. The van der Waals surface area contributed by atoms with E-state index in [0.717, 1.165) is 6.42 Å². The first-order valence-corrected chi connectivity index (χ1v) is 7.77. The van der Waals surface area contributed by atoms with E-state index in [4.69, 9.17) is 14.2 Å². The van der Waals surface area contributed by atoms with Crippen molar-refractivity contribution in [1.82, 2.24) is 5.32 Å². The number of nitro benzene ring substituents is 1. The normalized spacial score (nSPS) is 17.6. The fourth-order valence-corrected chi connectivity index (χ4v) is 2.63. The summed E-state index contributed by atoms with van der Waals surface area (Å²) >= 11 is 0. The van der Waals surface area contributed by atoms with Crippen LogP contribution in [0.15, 0.2) is 18.2 Å². The Morgan fingerprint density at radius 2 is 2.20 bits per heavy atom. The first kappa shape index (κ1) is 18.7. The number of nitrogens with one attached hydrogen (secondary N) is 1. The van der Waals surface area contributed by atoms with Gasteiger partial charge in [0.1, 0.15) is 12.1 Å². The van der Waals surface area contributed by atoms with Crippen LogP contribution in [0.2, 0.25) is 0 Å². The third kappa shape index (κ3) is 4.66. The highest BCUT2D eigenvalue weighted by atomic mass is 16.6. The minimum atomic E-state index is -0.963. The van der Waals surface area contributed by atoms with Crippen LogP contribution >= 0.6 is 0 Å². The highest BCUT2D eigenvalue weighted by Crippen LogP contribution is 2.28. The molecule has 0 bridgehead atoms. The largest absolute Gasteiger partial charge is 0.490 e. The number of carbonyl (C=O) groups is 2. The fraction of sp³-hybridized carbons (Fsp3) is 0.500. The number of amides is 1. The molecule has 0 aromatic heterocycles. The second kappa shape index (κ2) is 8.43. The van der Waals surface area contributed by atoms with Crippen LogP contribution in [0.25, 0.3) is 0 Å². The Morgan fingerprint density at radius 1 is 1.44 bits per heavy atom. The number of nitrogens with zero attached hydrogens (tertiary/aromatic N) is 1. The van der Waals surface area contributed by atoms with Crippen LogP contribution in [0.1, 0.15) is 18.4 Å². The molecule has 1 amide bonds. The van der Waals surface area contributed by atoms with E-state index in [1.54, 1.807) is 6.07 Å². The van der Waals surface area contributed by atoms with E-state index >= 15 is 0 Å². The van der Waals surface area contributed by atoms with E-state index in [0.29, 0.717) is 18.6 Å². The zero-order chi connectivity index (χ0) is 18.4. The molecule has 25 heavy (non-hydrogen) atoms. The Kier molecular flexibility index (Phi) is 6.29. The number of methoxy groups -OCH3 is 2. The molecule has 0 saturated carbocycles. The lowest BCUT2D eigenvalue weighted by atomic mass is 10.0. The Hall–Kier alpha value is -2.68. The second-order valence-electron chi connectivity index (χ2n) is 5.55. The van der Waals surface area contributed by atoms with Crippen molar-refractivity contribution in [2.45, 2.75) is 31.4 Å². The van der Waals surface area contributed by atoms with Gasteiger partial charge in [-0.1, -0.05) is 6.07 Å². The molecular weight excluding hydrogens is 332 g/mol. The summed E-state index contributed by atoms with van der Waals surface area (Å²) in [6.45, 7) is 0.506. The maximum atomic E-state index is 12.2. The first-order valence-electron chi connectivity index (χ1n) is 7.77. The van der Waals surface area contributed by atoms with Gasteiger partial charge in [0.05, 0.1) is 19.1 Å². The molecule has 9 heteroatoms. The van der Waals surface area contributed by atoms with E-state index in [1.165, 1.54) is 26.4 Å². The molecule has 1 fully saturated rings. The number of rotatable bonds is 7. The van der Waals surface area contributed by atoms with Gasteiger partial charge in [-0.2, -0.15) is 0 Å². The van der Waals surface area contributed by atoms with Crippen LogP contribution in [-0.2, 0) is 25.5 Å². The molecule has 1 aliphatic rings. The number of esters is 1. The van der Waals surface area contributed by atoms with Gasteiger partial charge in [0.15, 0.2) is 5.75 Å². The number of hydrogen-bond acceptors (Lipinski definition) is 7. The summed E-state index contributed by atoms with van der Waals surface area (Å²) in [6.07, 6.45) is 0.840. The third-order valence-electron chi connectivity index (χ3n) is 3.90. The minimum Gasteiger partial charge on any atom is -0.490 e. The van der Waals surface area contributed by atoms with Gasteiger partial charge < -0.3 is 19.5 Å². The van der Waals surface area contributed by atoms with Gasteiger partial charge in [-0.15, -0.1) is 0 Å². The molecule has 1 aliphatic heterocycles. The van der Waals surface area contributed by atoms with Crippen molar-refractivity contribution in [3.8, 4) is 5.75 Å². The second-order valence-corrected chi connectivity index (χ2v) is 5.55. The van der Waals surface area contributed by atoms with Crippen LogP contribution in [-0.4, -0.2) is 49.8 Å². The van der Waals surface area contributed by atoms with Crippen molar-refractivity contribution in [3.63, 3.8) is 0 Å². The Labute approximate surface area is 144 Å². The molecule has 2 rings (SSSR count). The average Bonchev–Trinajstić information content (AvgIpc) is 3.15. The van der Waals surface area contributed by atoms with Crippen LogP contribution in [0.5, 0.6) is 5.75 Å². The molecule has 1 aromatic carbocycles. The Balaban J connectivity index is 2.16. The van der Waals surface area contributed by atoms with E-state index in [-0.39, 0.29) is 17.9 Å². The van der Waals surface area contributed by atoms with Crippen LogP contribution < -0.4 is 10.1 Å². The summed E-state index contributed by atoms with van der Waals surface area (Å²) in [5.41, 5.74) is 0.282. The van der Waals surface area contributed by atoms with Crippen molar-refractivity contribution in [3.05, 3.63) is 33.9 Å². The van der Waals surface area contributed by atoms with Gasteiger partial charge in [-0.25, -0.2) is 4.79 Å². The standard InChI is InChI=1S/C16H20N2O7/c1-23-13-6-5-10(9-12(13)18(21)22)8-11(16(20)24-2)17-15(19)14-4-3-7-25-14/h5-6,9,11,14H,3-4,7-8H2,1-2H3,(H,17,19)/t11-,14-/m1/s1. The third-order valence-corrected chi connectivity index (χ3v) is 3.90. The number of carbonyl (C=O) groups excluding carboxylic acids is 2. The van der Waals surface area contributed by atoms with E-state index in [2.05, 4.69) is 5.32 Å². The first-order chi connectivity index (χ1) is 12.0. The van der Waals surface area contributed by atoms with Gasteiger partial charge in [-0.3, -0.25) is 14.9 Å². The molecule has 1 heterocycles. The van der Waals surface area contributed by atoms with Gasteiger partial charge in [0.2, 0.25) is 5.91 Å². The summed E-state index contributed by atoms with van der Waals surface area (Å²) in [7, 11) is 2.55. The predicted molar refractivity (Wildman–Crippen MR) is 86.3 cm³/mol. The molecule has 1 N–H and O–H groups in total. The molecular formula is C16H20N2O7. The highest BCUT2D eigenvalue weighted by molar-refractivity contribution is 5.87. The van der Waals surface area contributed by atoms with Crippen molar-refractivity contribution in [1.29, 1.82) is 0 Å². The van der Waals surface area contributed by atoms with Crippen LogP contribution in [0, 0.1) is 10.1 Å². The SMILES string of the molecule is COC(=O)[C@@H](Cc1ccc(OC)c([N+](=O)[O-])c1)NC(=O)[C@H]1CCCO1. The zero-order valence-corrected chi connectivity index (χ0v) is 14.0. The van der Waals surface area contributed by atoms with Crippen LogP contribution in [0.3, 0.4) is 0 Å². The predicted octanol–water partition coefficient (Wildman–Crippen LogP) is 0.983. The average molecular weight is 352 g/mol. The van der Waals surface area contributed by atoms with E-state index < -0.39 is 28.9 Å². The van der Waals surface area contributed by atoms with Crippen molar-refractivity contribution in [2.75, 3.05) is 20.8 Å². The topological polar surface area (TPSA) is 117 Å². The summed E-state index contributed by atoms with van der Waals surface area (Å²) in [5, 5.41) is 13.7. The summed E-state index contributed by atoms with van der Waals surface area (Å²) < 4.78 is 15.0. The van der Waals surface area contributed by atoms with Gasteiger partial charge >= 0.3 is 11.7 Å². The molecule has 136 valence electrons. The van der Waals surface area contributed by atoms with Crippen molar-refractivity contribution < 1.29 is 28.7 Å². The minimum absolute atomic E-state index is 0.0516. The van der Waals surface area contributed by atoms with Crippen molar-refractivity contribution >= 4 is 17.6 Å². The lowest BCUT2D eigenvalue weighted by Gasteiger charge is -2.19. The van der Waals surface area contributed by atoms with Crippen molar-refractivity contribution in [2.24, 2.45) is 0 Å². The summed E-state index contributed by atoms with van der Waals surface area (Å²) in [5.74, 6) is -0.910. The zero-order valence-electron chi connectivity index (χ0n) is 14.0. The molecule has 0 unspecified atom stereocenters. The number of benzene rings is 1. The van der Waals surface area contributed by atoms with Gasteiger partial charge in [-0.05, 0) is 24.5 Å². The Morgan fingerprint density at radius 3 is 2.76 bits per heavy atom.